The number of H-pyrrole nitrogens is 1. The van der Waals surface area contributed by atoms with Crippen molar-refractivity contribution in [3.05, 3.63) is 48.0 Å². The zero-order valence-corrected chi connectivity index (χ0v) is 18.6. The molecule has 182 valence electrons. The molecule has 0 spiro atoms. The van der Waals surface area contributed by atoms with Crippen LogP contribution in [0.2, 0.25) is 0 Å². The zero-order chi connectivity index (χ0) is 24.3. The van der Waals surface area contributed by atoms with Gasteiger partial charge in [0, 0.05) is 62.8 Å². The number of piperazine rings is 1. The third kappa shape index (κ3) is 5.96. The molecule has 0 unspecified atom stereocenters. The third-order valence-corrected chi connectivity index (χ3v) is 5.58. The van der Waals surface area contributed by atoms with E-state index in [1.807, 2.05) is 12.1 Å². The Labute approximate surface area is 193 Å². The second-order valence-electron chi connectivity index (χ2n) is 8.22. The zero-order valence-electron chi connectivity index (χ0n) is 18.6. The van der Waals surface area contributed by atoms with E-state index in [9.17, 15) is 22.4 Å². The Balaban J connectivity index is 1.32. The van der Waals surface area contributed by atoms with Gasteiger partial charge in [0.15, 0.2) is 11.6 Å². The van der Waals surface area contributed by atoms with Gasteiger partial charge in [-0.05, 0) is 29.8 Å². The summed E-state index contributed by atoms with van der Waals surface area (Å²) < 4.78 is 58.1. The lowest BCUT2D eigenvalue weighted by molar-refractivity contribution is -0.146. The molecule has 2 N–H and O–H groups in total. The molecule has 1 amide bonds. The van der Waals surface area contributed by atoms with Crippen LogP contribution in [0.5, 0.6) is 5.75 Å². The summed E-state index contributed by atoms with van der Waals surface area (Å²) in [5.41, 5.74) is 2.17. The second-order valence-corrected chi connectivity index (χ2v) is 8.22. The lowest BCUT2D eigenvalue weighted by Crippen LogP contribution is -2.49. The summed E-state index contributed by atoms with van der Waals surface area (Å²) in [5.74, 6) is 0.0871. The maximum absolute atomic E-state index is 14.7. The number of hydrogen-bond donors (Lipinski definition) is 2. The van der Waals surface area contributed by atoms with E-state index >= 15 is 0 Å². The van der Waals surface area contributed by atoms with Crippen LogP contribution < -0.4 is 15.0 Å². The minimum Gasteiger partial charge on any atom is -0.493 e. The first-order valence-electron chi connectivity index (χ1n) is 10.9. The van der Waals surface area contributed by atoms with Crippen LogP contribution in [0.15, 0.2) is 36.7 Å². The van der Waals surface area contributed by atoms with Crippen molar-refractivity contribution in [2.75, 3.05) is 49.5 Å². The predicted octanol–water partition coefficient (Wildman–Crippen LogP) is 3.97. The number of rotatable bonds is 7. The molecule has 3 aromatic rings. The molecular weight excluding hydrogens is 454 g/mol. The van der Waals surface area contributed by atoms with Gasteiger partial charge in [-0.25, -0.2) is 9.37 Å². The van der Waals surface area contributed by atoms with Crippen molar-refractivity contribution < 1.29 is 27.1 Å². The summed E-state index contributed by atoms with van der Waals surface area (Å²) in [6.07, 6.45) is -0.542. The van der Waals surface area contributed by atoms with Gasteiger partial charge in [0.2, 0.25) is 5.91 Å². The number of amides is 1. The first-order valence-corrected chi connectivity index (χ1v) is 10.9. The number of alkyl halides is 3. The molecule has 7 nitrogen and oxygen atoms in total. The number of ether oxygens (including phenoxy) is 1. The summed E-state index contributed by atoms with van der Waals surface area (Å²) >= 11 is 0. The molecule has 0 saturated carbocycles. The van der Waals surface area contributed by atoms with Gasteiger partial charge in [0.05, 0.1) is 18.8 Å². The van der Waals surface area contributed by atoms with E-state index < -0.39 is 18.5 Å². The molecule has 1 aromatic carbocycles. The highest BCUT2D eigenvalue weighted by atomic mass is 19.4. The lowest BCUT2D eigenvalue weighted by Gasteiger charge is -2.35. The fourth-order valence-corrected chi connectivity index (χ4v) is 3.98. The maximum atomic E-state index is 14.7. The van der Waals surface area contributed by atoms with Crippen molar-refractivity contribution in [3.8, 4) is 5.75 Å². The summed E-state index contributed by atoms with van der Waals surface area (Å²) in [7, 11) is 0. The first kappa shape index (κ1) is 23.8. The highest BCUT2D eigenvalue weighted by Crippen LogP contribution is 2.27. The van der Waals surface area contributed by atoms with Gasteiger partial charge in [0.1, 0.15) is 5.75 Å². The number of aromatic nitrogens is 2. The molecule has 0 atom stereocenters. The molecule has 34 heavy (non-hydrogen) atoms. The minimum atomic E-state index is -4.24. The first-order chi connectivity index (χ1) is 16.2. The topological polar surface area (TPSA) is 73.5 Å². The van der Waals surface area contributed by atoms with Crippen LogP contribution in [-0.4, -0.2) is 66.3 Å². The largest absolute Gasteiger partial charge is 0.493 e. The average Bonchev–Trinajstić information content (AvgIpc) is 3.15. The third-order valence-electron chi connectivity index (χ3n) is 5.58. The monoisotopic (exact) mass is 479 g/mol. The smallest absolute Gasteiger partial charge is 0.401 e. The standard InChI is InChI=1S/C23H25F4N5O2/c1-15(33)30-21-13-28-20-3-2-17(11-18(20)21)34-9-4-16-10-19(24)22(29-12-16)32-7-5-31(6-8-32)14-23(25,26)27/h2-3,10-13,28H,4-9,14H2,1H3,(H,30,33). The molecule has 11 heteroatoms. The average molecular weight is 479 g/mol. The van der Waals surface area contributed by atoms with Gasteiger partial charge in [-0.15, -0.1) is 0 Å². The number of nitrogens with one attached hydrogen (secondary N) is 2. The molecule has 0 bridgehead atoms. The number of fused-ring (bicyclic) bond motifs is 1. The Bertz CT molecular complexity index is 1160. The SMILES string of the molecule is CC(=O)Nc1c[nH]c2ccc(OCCc3cnc(N4CCN(CC(F)(F)F)CC4)c(F)c3)cc12. The lowest BCUT2D eigenvalue weighted by atomic mass is 10.2. The fourth-order valence-electron chi connectivity index (χ4n) is 3.98. The van der Waals surface area contributed by atoms with E-state index in [1.54, 1.807) is 23.4 Å². The molecule has 0 radical (unpaired) electrons. The fraction of sp³-hybridized carbons (Fsp3) is 0.391. The summed E-state index contributed by atoms with van der Waals surface area (Å²) in [6.45, 7) is 1.74. The van der Waals surface area contributed by atoms with Crippen molar-refractivity contribution >= 4 is 28.3 Å². The maximum Gasteiger partial charge on any atom is 0.401 e. The van der Waals surface area contributed by atoms with Crippen LogP contribution >= 0.6 is 0 Å². The van der Waals surface area contributed by atoms with E-state index in [2.05, 4.69) is 15.3 Å². The van der Waals surface area contributed by atoms with Crippen molar-refractivity contribution in [2.24, 2.45) is 0 Å². The molecule has 0 aliphatic carbocycles. The molecule has 1 fully saturated rings. The molecule has 1 saturated heterocycles. The second kappa shape index (κ2) is 9.88. The highest BCUT2D eigenvalue weighted by Gasteiger charge is 2.32. The summed E-state index contributed by atoms with van der Waals surface area (Å²) in [5, 5.41) is 3.57. The van der Waals surface area contributed by atoms with E-state index in [1.165, 1.54) is 17.9 Å². The number of carbonyl (C=O) groups excluding carboxylic acids is 1. The Morgan fingerprint density at radius 3 is 2.65 bits per heavy atom. The van der Waals surface area contributed by atoms with Crippen molar-refractivity contribution in [1.29, 1.82) is 0 Å². The number of pyridine rings is 1. The van der Waals surface area contributed by atoms with Gasteiger partial charge in [-0.1, -0.05) is 0 Å². The normalized spacial score (nSPS) is 15.0. The Hall–Kier alpha value is -3.34. The van der Waals surface area contributed by atoms with Gasteiger partial charge in [-0.2, -0.15) is 13.2 Å². The Morgan fingerprint density at radius 1 is 1.21 bits per heavy atom. The number of carbonyl (C=O) groups is 1. The van der Waals surface area contributed by atoms with Crippen molar-refractivity contribution in [2.45, 2.75) is 19.5 Å². The number of halogens is 4. The van der Waals surface area contributed by atoms with Gasteiger partial charge >= 0.3 is 6.18 Å². The summed E-state index contributed by atoms with van der Waals surface area (Å²) in [4.78, 5) is 21.6. The van der Waals surface area contributed by atoms with Gasteiger partial charge in [0.25, 0.3) is 0 Å². The molecule has 1 aliphatic heterocycles. The van der Waals surface area contributed by atoms with E-state index in [0.717, 1.165) is 10.9 Å². The minimum absolute atomic E-state index is 0.153. The van der Waals surface area contributed by atoms with Crippen molar-refractivity contribution in [3.63, 3.8) is 0 Å². The van der Waals surface area contributed by atoms with Crippen LogP contribution in [-0.2, 0) is 11.2 Å². The number of aromatic amines is 1. The van der Waals surface area contributed by atoms with Crippen LogP contribution in [0, 0.1) is 5.82 Å². The van der Waals surface area contributed by atoms with Crippen LogP contribution in [0.3, 0.4) is 0 Å². The van der Waals surface area contributed by atoms with Gasteiger partial charge < -0.3 is 19.9 Å². The number of nitrogens with zero attached hydrogens (tertiary/aromatic N) is 3. The highest BCUT2D eigenvalue weighted by molar-refractivity contribution is 6.01. The Kier molecular flexibility index (Phi) is 6.92. The van der Waals surface area contributed by atoms with E-state index in [-0.39, 0.29) is 37.9 Å². The van der Waals surface area contributed by atoms with Crippen LogP contribution in [0.1, 0.15) is 12.5 Å². The van der Waals surface area contributed by atoms with E-state index in [4.69, 9.17) is 4.74 Å². The number of hydrogen-bond acceptors (Lipinski definition) is 5. The predicted molar refractivity (Wildman–Crippen MR) is 121 cm³/mol. The molecule has 3 heterocycles. The Morgan fingerprint density at radius 2 is 1.97 bits per heavy atom. The molecule has 1 aliphatic rings. The number of anilines is 2. The molecule has 4 rings (SSSR count). The van der Waals surface area contributed by atoms with E-state index in [0.29, 0.717) is 30.0 Å². The molecule has 2 aromatic heterocycles. The van der Waals surface area contributed by atoms with Gasteiger partial charge in [-0.3, -0.25) is 9.69 Å². The quantitative estimate of drug-likeness (QED) is 0.502. The van der Waals surface area contributed by atoms with Crippen LogP contribution in [0.4, 0.5) is 29.1 Å². The van der Waals surface area contributed by atoms with Crippen LogP contribution in [0.25, 0.3) is 10.9 Å². The summed E-state index contributed by atoms with van der Waals surface area (Å²) in [6, 6.07) is 6.85. The number of benzene rings is 1. The molecular formula is C23H25F4N5O2. The van der Waals surface area contributed by atoms with Crippen molar-refractivity contribution in [1.82, 2.24) is 14.9 Å².